The molecule has 0 spiro atoms. The maximum absolute atomic E-state index is 13.0. The van der Waals surface area contributed by atoms with Crippen LogP contribution in [0.4, 0.5) is 0 Å². The number of fused-ring (bicyclic) bond motifs is 2. The maximum Gasteiger partial charge on any atom is 0.248 e. The van der Waals surface area contributed by atoms with E-state index in [1.54, 1.807) is 16.8 Å². The van der Waals surface area contributed by atoms with Crippen molar-refractivity contribution in [2.75, 3.05) is 0 Å². The Labute approximate surface area is 193 Å². The van der Waals surface area contributed by atoms with Gasteiger partial charge in [-0.05, 0) is 36.0 Å². The Morgan fingerprint density at radius 3 is 3.12 bits per heavy atom. The predicted molar refractivity (Wildman–Crippen MR) is 131 cm³/mol. The number of carbonyl (C=O) groups excluding carboxylic acids is 1. The summed E-state index contributed by atoms with van der Waals surface area (Å²) in [6.07, 6.45) is 5.54. The summed E-state index contributed by atoms with van der Waals surface area (Å²) < 4.78 is 0. The first-order valence-electron chi connectivity index (χ1n) is 10.6. The second kappa shape index (κ2) is 8.80. The first kappa shape index (κ1) is 20.8. The monoisotopic (exact) mass is 461 g/mol. The van der Waals surface area contributed by atoms with Gasteiger partial charge in [0.1, 0.15) is 0 Å². The van der Waals surface area contributed by atoms with Crippen LogP contribution in [0.5, 0.6) is 0 Å². The van der Waals surface area contributed by atoms with Gasteiger partial charge in [0.25, 0.3) is 0 Å². The summed E-state index contributed by atoms with van der Waals surface area (Å²) in [5, 5.41) is 21.4. The number of hydrogen-bond donors (Lipinski definition) is 3. The smallest absolute Gasteiger partial charge is 0.248 e. The molecule has 0 saturated heterocycles. The number of rotatable bonds is 6. The van der Waals surface area contributed by atoms with Crippen molar-refractivity contribution < 1.29 is 4.79 Å². The normalized spacial score (nSPS) is 16.1. The molecule has 1 unspecified atom stereocenters. The number of carbonyl (C=O) groups is 1. The fourth-order valence-electron chi connectivity index (χ4n) is 4.27. The van der Waals surface area contributed by atoms with Gasteiger partial charge in [-0.1, -0.05) is 25.1 Å². The van der Waals surface area contributed by atoms with Gasteiger partial charge in [0.2, 0.25) is 5.91 Å². The molecule has 162 valence electrons. The summed E-state index contributed by atoms with van der Waals surface area (Å²) in [5.74, 6) is 0.227. The van der Waals surface area contributed by atoms with E-state index in [1.165, 1.54) is 33.6 Å². The Morgan fingerprint density at radius 1 is 1.41 bits per heavy atom. The van der Waals surface area contributed by atoms with Crippen molar-refractivity contribution in [3.05, 3.63) is 73.5 Å². The number of H-pyrrole nitrogens is 1. The number of aromatic nitrogens is 3. The number of thiazole rings is 1. The van der Waals surface area contributed by atoms with E-state index in [0.717, 1.165) is 39.9 Å². The lowest BCUT2D eigenvalue weighted by atomic mass is 9.97. The molecule has 0 radical (unpaired) electrons. The van der Waals surface area contributed by atoms with Gasteiger partial charge in [0.15, 0.2) is 0 Å². The first-order chi connectivity index (χ1) is 15.6. The van der Waals surface area contributed by atoms with Crippen molar-refractivity contribution in [1.29, 1.82) is 5.41 Å². The zero-order valence-corrected chi connectivity index (χ0v) is 19.3. The van der Waals surface area contributed by atoms with Crippen molar-refractivity contribution in [3.63, 3.8) is 0 Å². The fourth-order valence-corrected chi connectivity index (χ4v) is 6.17. The van der Waals surface area contributed by atoms with Gasteiger partial charge in [-0.3, -0.25) is 9.89 Å². The Bertz CT molecular complexity index is 1320. The molecule has 3 N–H and O–H groups in total. The minimum atomic E-state index is -0.103. The Morgan fingerprint density at radius 2 is 2.31 bits per heavy atom. The highest BCUT2D eigenvalue weighted by molar-refractivity contribution is 7.13. The molecule has 6 nitrogen and oxygen atoms in total. The SMILES string of the molecule is CC1CCC(C(=O)NCc2cscn2)=C(C=N)c2sc(Cc3cccc4cn[nH]c34)cc21. The molecule has 1 aliphatic carbocycles. The van der Waals surface area contributed by atoms with E-state index in [-0.39, 0.29) is 5.91 Å². The van der Waals surface area contributed by atoms with Crippen LogP contribution in [0.25, 0.3) is 16.5 Å². The van der Waals surface area contributed by atoms with Crippen LogP contribution in [0.3, 0.4) is 0 Å². The third kappa shape index (κ3) is 3.91. The molecule has 5 rings (SSSR count). The molecule has 3 aromatic heterocycles. The molecular formula is C24H23N5OS2. The molecule has 1 aliphatic rings. The van der Waals surface area contributed by atoms with E-state index >= 15 is 0 Å². The summed E-state index contributed by atoms with van der Waals surface area (Å²) in [4.78, 5) is 19.6. The Hall–Kier alpha value is -3.10. The number of amides is 1. The van der Waals surface area contributed by atoms with Crippen LogP contribution >= 0.6 is 22.7 Å². The lowest BCUT2D eigenvalue weighted by molar-refractivity contribution is -0.117. The fraction of sp³-hybridized carbons (Fsp3) is 0.250. The van der Waals surface area contributed by atoms with Crippen LogP contribution < -0.4 is 5.32 Å². The van der Waals surface area contributed by atoms with Crippen molar-refractivity contribution >= 4 is 51.3 Å². The molecule has 0 aliphatic heterocycles. The number of allylic oxidation sites excluding steroid dienone is 1. The third-order valence-electron chi connectivity index (χ3n) is 6.00. The second-order valence-corrected chi connectivity index (χ2v) is 9.92. The number of thiophene rings is 1. The zero-order chi connectivity index (χ0) is 22.1. The molecule has 3 heterocycles. The van der Waals surface area contributed by atoms with Crippen LogP contribution in [0.1, 0.15) is 52.3 Å². The lowest BCUT2D eigenvalue weighted by Gasteiger charge is -2.10. The van der Waals surface area contributed by atoms with Crippen LogP contribution in [0, 0.1) is 5.41 Å². The van der Waals surface area contributed by atoms with Gasteiger partial charge in [0, 0.05) is 44.3 Å². The Balaban J connectivity index is 1.47. The van der Waals surface area contributed by atoms with Crippen molar-refractivity contribution in [2.24, 2.45) is 0 Å². The van der Waals surface area contributed by atoms with Gasteiger partial charge < -0.3 is 10.7 Å². The summed E-state index contributed by atoms with van der Waals surface area (Å²) in [6.45, 7) is 2.62. The molecular weight excluding hydrogens is 438 g/mol. The second-order valence-electron chi connectivity index (χ2n) is 8.06. The molecule has 0 fully saturated rings. The van der Waals surface area contributed by atoms with Crippen molar-refractivity contribution in [1.82, 2.24) is 20.5 Å². The zero-order valence-electron chi connectivity index (χ0n) is 17.6. The third-order valence-corrected chi connectivity index (χ3v) is 7.82. The average molecular weight is 462 g/mol. The summed E-state index contributed by atoms with van der Waals surface area (Å²) >= 11 is 3.21. The van der Waals surface area contributed by atoms with Crippen LogP contribution in [-0.2, 0) is 17.8 Å². The van der Waals surface area contributed by atoms with E-state index in [2.05, 4.69) is 51.7 Å². The van der Waals surface area contributed by atoms with E-state index in [1.807, 2.05) is 11.6 Å². The summed E-state index contributed by atoms with van der Waals surface area (Å²) in [6, 6.07) is 8.50. The maximum atomic E-state index is 13.0. The number of nitrogens with one attached hydrogen (secondary N) is 3. The first-order valence-corrected chi connectivity index (χ1v) is 12.3. The highest BCUT2D eigenvalue weighted by Crippen LogP contribution is 2.41. The van der Waals surface area contributed by atoms with Crippen LogP contribution in [0.2, 0.25) is 0 Å². The standard InChI is InChI=1S/C24H23N5OS2/c1-14-5-6-19(24(30)26-11-17-12-31-13-27-17)21(9-25)23-20(14)8-18(32-23)7-15-3-2-4-16-10-28-29-22(15)16/h2-4,8-10,12-14,25H,5-7,11H2,1H3,(H,26,30)(H,28,29). The molecule has 0 saturated carbocycles. The van der Waals surface area contributed by atoms with Crippen molar-refractivity contribution in [3.8, 4) is 0 Å². The number of hydrogen-bond acceptors (Lipinski definition) is 6. The minimum absolute atomic E-state index is 0.103. The van der Waals surface area contributed by atoms with Crippen molar-refractivity contribution in [2.45, 2.75) is 38.6 Å². The van der Waals surface area contributed by atoms with Gasteiger partial charge in [-0.15, -0.1) is 22.7 Å². The highest BCUT2D eigenvalue weighted by atomic mass is 32.1. The van der Waals surface area contributed by atoms with Crippen LogP contribution in [-0.4, -0.2) is 27.3 Å². The van der Waals surface area contributed by atoms with E-state index in [0.29, 0.717) is 24.5 Å². The lowest BCUT2D eigenvalue weighted by Crippen LogP contribution is -2.25. The largest absolute Gasteiger partial charge is 0.347 e. The number of para-hydroxylation sites is 1. The van der Waals surface area contributed by atoms with Crippen LogP contribution in [0.15, 0.2) is 46.9 Å². The molecule has 32 heavy (non-hydrogen) atoms. The minimum Gasteiger partial charge on any atom is -0.347 e. The predicted octanol–water partition coefficient (Wildman–Crippen LogP) is 5.29. The number of aromatic amines is 1. The summed E-state index contributed by atoms with van der Waals surface area (Å²) in [7, 11) is 0. The van der Waals surface area contributed by atoms with Gasteiger partial charge in [-0.25, -0.2) is 4.98 Å². The molecule has 8 heteroatoms. The van der Waals surface area contributed by atoms with Gasteiger partial charge in [0.05, 0.1) is 29.5 Å². The number of benzene rings is 1. The van der Waals surface area contributed by atoms with Gasteiger partial charge >= 0.3 is 0 Å². The highest BCUT2D eigenvalue weighted by Gasteiger charge is 2.26. The van der Waals surface area contributed by atoms with E-state index < -0.39 is 0 Å². The number of nitrogens with zero attached hydrogens (tertiary/aromatic N) is 2. The van der Waals surface area contributed by atoms with E-state index in [4.69, 9.17) is 5.41 Å². The molecule has 1 atom stereocenters. The quantitative estimate of drug-likeness (QED) is 0.341. The Kier molecular flexibility index (Phi) is 5.71. The molecule has 1 aromatic carbocycles. The molecule has 4 aromatic rings. The molecule has 0 bridgehead atoms. The summed E-state index contributed by atoms with van der Waals surface area (Å²) in [5.41, 5.74) is 7.57. The molecule has 1 amide bonds. The average Bonchev–Trinajstić information content (AvgIpc) is 3.54. The van der Waals surface area contributed by atoms with Gasteiger partial charge in [-0.2, -0.15) is 5.10 Å². The topological polar surface area (TPSA) is 94.5 Å². The van der Waals surface area contributed by atoms with E-state index in [9.17, 15) is 4.79 Å².